The highest BCUT2D eigenvalue weighted by Crippen LogP contribution is 2.28. The lowest BCUT2D eigenvalue weighted by molar-refractivity contribution is -0.123. The molecule has 3 aromatic heterocycles. The number of anilines is 1. The van der Waals surface area contributed by atoms with Crippen LogP contribution in [0.15, 0.2) is 55.1 Å². The van der Waals surface area contributed by atoms with Crippen molar-refractivity contribution < 1.29 is 19.0 Å². The van der Waals surface area contributed by atoms with Crippen LogP contribution in [0.5, 0.6) is 11.6 Å². The molecule has 0 aliphatic carbocycles. The number of fused-ring (bicyclic) bond motifs is 1. The first-order valence-corrected chi connectivity index (χ1v) is 10.3. The van der Waals surface area contributed by atoms with Gasteiger partial charge in [0.15, 0.2) is 11.8 Å². The maximum atomic E-state index is 12.9. The van der Waals surface area contributed by atoms with Gasteiger partial charge in [-0.05, 0) is 30.7 Å². The molecule has 1 N–H and O–H groups in total. The van der Waals surface area contributed by atoms with Crippen LogP contribution in [0.2, 0.25) is 0 Å². The molecule has 10 heteroatoms. The second-order valence-electron chi connectivity index (χ2n) is 7.24. The zero-order valence-electron chi connectivity index (χ0n) is 18.6. The Labute approximate surface area is 190 Å². The van der Waals surface area contributed by atoms with E-state index in [0.717, 1.165) is 11.3 Å². The summed E-state index contributed by atoms with van der Waals surface area (Å²) in [6.45, 7) is 2.25. The first kappa shape index (κ1) is 22.2. The summed E-state index contributed by atoms with van der Waals surface area (Å²) in [5, 5.41) is 7.79. The van der Waals surface area contributed by atoms with Crippen molar-refractivity contribution in [2.24, 2.45) is 0 Å². The fourth-order valence-corrected chi connectivity index (χ4v) is 3.25. The van der Waals surface area contributed by atoms with Gasteiger partial charge in [-0.15, -0.1) is 0 Å². The van der Waals surface area contributed by atoms with E-state index in [0.29, 0.717) is 35.6 Å². The molecule has 33 heavy (non-hydrogen) atoms. The fraction of sp³-hybridized carbons (Fsp3) is 0.261. The van der Waals surface area contributed by atoms with E-state index in [1.165, 1.54) is 6.33 Å². The summed E-state index contributed by atoms with van der Waals surface area (Å²) in [5.41, 5.74) is 2.24. The van der Waals surface area contributed by atoms with Crippen molar-refractivity contribution in [3.8, 4) is 17.3 Å². The van der Waals surface area contributed by atoms with Gasteiger partial charge in [0.2, 0.25) is 5.88 Å². The Morgan fingerprint density at radius 2 is 1.94 bits per heavy atom. The number of aryl methyl sites for hydroxylation is 1. The summed E-state index contributed by atoms with van der Waals surface area (Å²) in [6.07, 6.45) is 4.11. The van der Waals surface area contributed by atoms with Gasteiger partial charge in [-0.1, -0.05) is 18.2 Å². The number of rotatable bonds is 9. The molecule has 1 unspecified atom stereocenters. The first-order valence-electron chi connectivity index (χ1n) is 10.3. The van der Waals surface area contributed by atoms with E-state index >= 15 is 0 Å². The molecule has 0 fully saturated rings. The van der Waals surface area contributed by atoms with E-state index in [9.17, 15) is 4.79 Å². The molecule has 3 heterocycles. The third kappa shape index (κ3) is 4.90. The minimum absolute atomic E-state index is 0.245. The van der Waals surface area contributed by atoms with Gasteiger partial charge in [-0.25, -0.2) is 19.6 Å². The van der Waals surface area contributed by atoms with E-state index in [-0.39, 0.29) is 11.8 Å². The highest BCUT2D eigenvalue weighted by atomic mass is 16.5. The molecule has 1 aromatic carbocycles. The fourth-order valence-electron chi connectivity index (χ4n) is 3.25. The molecule has 10 nitrogen and oxygen atoms in total. The molecule has 1 amide bonds. The first-order chi connectivity index (χ1) is 16.1. The Morgan fingerprint density at radius 3 is 2.70 bits per heavy atom. The van der Waals surface area contributed by atoms with Crippen LogP contribution in [0.4, 0.5) is 5.82 Å². The average molecular weight is 448 g/mol. The molecular weight excluding hydrogens is 424 g/mol. The van der Waals surface area contributed by atoms with Crippen LogP contribution >= 0.6 is 0 Å². The summed E-state index contributed by atoms with van der Waals surface area (Å²) in [6, 6.07) is 11.1. The lowest BCUT2D eigenvalue weighted by Gasteiger charge is -2.18. The second kappa shape index (κ2) is 10.0. The molecule has 0 aliphatic heterocycles. The highest BCUT2D eigenvalue weighted by Gasteiger charge is 2.24. The molecule has 4 aromatic rings. The molecule has 0 aliphatic rings. The number of pyridine rings is 1. The number of carbonyl (C=O) groups is 1. The predicted octanol–water partition coefficient (Wildman–Crippen LogP) is 2.95. The number of hydrogen-bond donors (Lipinski definition) is 1. The van der Waals surface area contributed by atoms with Crippen LogP contribution in [-0.4, -0.2) is 57.6 Å². The van der Waals surface area contributed by atoms with E-state index in [4.69, 9.17) is 14.2 Å². The average Bonchev–Trinajstić information content (AvgIpc) is 3.28. The van der Waals surface area contributed by atoms with Crippen molar-refractivity contribution in [3.63, 3.8) is 0 Å². The van der Waals surface area contributed by atoms with Gasteiger partial charge in [0.25, 0.3) is 5.91 Å². The Morgan fingerprint density at radius 1 is 1.09 bits per heavy atom. The summed E-state index contributed by atoms with van der Waals surface area (Å²) < 4.78 is 18.3. The predicted molar refractivity (Wildman–Crippen MR) is 122 cm³/mol. The topological polar surface area (TPSA) is 113 Å². The van der Waals surface area contributed by atoms with Crippen LogP contribution in [0.3, 0.4) is 0 Å². The number of hydrogen-bond acceptors (Lipinski definition) is 8. The molecule has 1 atom stereocenters. The normalized spacial score (nSPS) is 11.8. The SMILES string of the molecule is COCCC(Oc1ncnc2c1cnn2-c1ccccc1OC)C(=O)Nc1ccc(C)cn1. The van der Waals surface area contributed by atoms with Crippen molar-refractivity contribution in [2.75, 3.05) is 26.1 Å². The van der Waals surface area contributed by atoms with E-state index < -0.39 is 6.10 Å². The molecule has 0 bridgehead atoms. The summed E-state index contributed by atoms with van der Waals surface area (Å²) in [4.78, 5) is 25.8. The lowest BCUT2D eigenvalue weighted by atomic mass is 10.2. The molecule has 0 radical (unpaired) electrons. The standard InChI is InChI=1S/C23H24N6O4/c1-15-8-9-20(24-12-15)28-22(30)19(10-11-31-2)33-23-16-13-27-29(21(16)25-14-26-23)17-6-4-5-7-18(17)32-3/h4-9,12-14,19H,10-11H2,1-3H3,(H,24,28,30). The minimum Gasteiger partial charge on any atom is -0.494 e. The van der Waals surface area contributed by atoms with Crippen LogP contribution in [0.25, 0.3) is 16.7 Å². The smallest absolute Gasteiger partial charge is 0.266 e. The van der Waals surface area contributed by atoms with E-state index in [2.05, 4.69) is 25.4 Å². The Kier molecular flexibility index (Phi) is 6.75. The number of carbonyl (C=O) groups excluding carboxylic acids is 1. The Balaban J connectivity index is 1.63. The van der Waals surface area contributed by atoms with Gasteiger partial charge in [0.05, 0.1) is 19.9 Å². The number of ether oxygens (including phenoxy) is 3. The minimum atomic E-state index is -0.860. The highest BCUT2D eigenvalue weighted by molar-refractivity contribution is 5.94. The molecule has 4 rings (SSSR count). The summed E-state index contributed by atoms with van der Waals surface area (Å²) in [5.74, 6) is 0.974. The summed E-state index contributed by atoms with van der Waals surface area (Å²) in [7, 11) is 3.16. The van der Waals surface area contributed by atoms with Crippen molar-refractivity contribution >= 4 is 22.8 Å². The van der Waals surface area contributed by atoms with Crippen molar-refractivity contribution in [2.45, 2.75) is 19.4 Å². The number of amides is 1. The van der Waals surface area contributed by atoms with Gasteiger partial charge < -0.3 is 19.5 Å². The van der Waals surface area contributed by atoms with E-state index in [1.807, 2.05) is 37.3 Å². The van der Waals surface area contributed by atoms with Crippen LogP contribution in [-0.2, 0) is 9.53 Å². The number of nitrogens with one attached hydrogen (secondary N) is 1. The molecule has 0 saturated carbocycles. The third-order valence-electron chi connectivity index (χ3n) is 4.94. The zero-order chi connectivity index (χ0) is 23.2. The number of methoxy groups -OCH3 is 2. The quantitative estimate of drug-likeness (QED) is 0.416. The van der Waals surface area contributed by atoms with E-state index in [1.54, 1.807) is 37.4 Å². The van der Waals surface area contributed by atoms with Gasteiger partial charge in [-0.2, -0.15) is 5.10 Å². The number of nitrogens with zero attached hydrogens (tertiary/aromatic N) is 5. The molecule has 170 valence electrons. The zero-order valence-corrected chi connectivity index (χ0v) is 18.6. The Bertz CT molecular complexity index is 1240. The molecule has 0 spiro atoms. The van der Waals surface area contributed by atoms with Crippen LogP contribution in [0, 0.1) is 6.92 Å². The molecule has 0 saturated heterocycles. The van der Waals surface area contributed by atoms with Crippen molar-refractivity contribution in [3.05, 3.63) is 60.7 Å². The molecular formula is C23H24N6O4. The summed E-state index contributed by atoms with van der Waals surface area (Å²) >= 11 is 0. The van der Waals surface area contributed by atoms with Crippen LogP contribution in [0.1, 0.15) is 12.0 Å². The number of para-hydroxylation sites is 2. The maximum absolute atomic E-state index is 12.9. The van der Waals surface area contributed by atoms with Crippen molar-refractivity contribution in [1.82, 2.24) is 24.7 Å². The largest absolute Gasteiger partial charge is 0.494 e. The Hall–Kier alpha value is -4.05. The third-order valence-corrected chi connectivity index (χ3v) is 4.94. The number of benzene rings is 1. The van der Waals surface area contributed by atoms with Gasteiger partial charge in [0, 0.05) is 19.7 Å². The van der Waals surface area contributed by atoms with Gasteiger partial charge in [-0.3, -0.25) is 4.79 Å². The lowest BCUT2D eigenvalue weighted by Crippen LogP contribution is -2.34. The van der Waals surface area contributed by atoms with Gasteiger partial charge >= 0.3 is 0 Å². The van der Waals surface area contributed by atoms with Crippen molar-refractivity contribution in [1.29, 1.82) is 0 Å². The second-order valence-corrected chi connectivity index (χ2v) is 7.24. The monoisotopic (exact) mass is 448 g/mol. The number of aromatic nitrogens is 5. The van der Waals surface area contributed by atoms with Crippen LogP contribution < -0.4 is 14.8 Å². The maximum Gasteiger partial charge on any atom is 0.266 e. The van der Waals surface area contributed by atoms with Gasteiger partial charge in [0.1, 0.15) is 29.0 Å².